The lowest BCUT2D eigenvalue weighted by atomic mass is 9.91. The van der Waals surface area contributed by atoms with Gasteiger partial charge in [0.15, 0.2) is 0 Å². The van der Waals surface area contributed by atoms with Crippen LogP contribution in [0.25, 0.3) is 10.9 Å². The number of carbonyl (C=O) groups excluding carboxylic acids is 1. The largest absolute Gasteiger partial charge is 0.361 e. The van der Waals surface area contributed by atoms with Gasteiger partial charge in [-0.15, -0.1) is 0 Å². The van der Waals surface area contributed by atoms with Gasteiger partial charge < -0.3 is 10.3 Å². The highest BCUT2D eigenvalue weighted by molar-refractivity contribution is 7.89. The van der Waals surface area contributed by atoms with Crippen molar-refractivity contribution in [3.05, 3.63) is 96.2 Å². The number of carbonyl (C=O) groups is 1. The molecule has 4 aromatic rings. The minimum Gasteiger partial charge on any atom is -0.361 e. The van der Waals surface area contributed by atoms with Gasteiger partial charge in [0.25, 0.3) is 0 Å². The Balaban J connectivity index is 1.61. The summed E-state index contributed by atoms with van der Waals surface area (Å²) < 4.78 is 28.6. The number of aromatic nitrogens is 1. The summed E-state index contributed by atoms with van der Waals surface area (Å²) in [5, 5.41) is 3.70. The van der Waals surface area contributed by atoms with Crippen molar-refractivity contribution in [1.82, 2.24) is 9.71 Å². The molecule has 158 valence electrons. The molecule has 1 amide bonds. The second-order valence-corrected chi connectivity index (χ2v) is 9.08. The van der Waals surface area contributed by atoms with Gasteiger partial charge in [0, 0.05) is 42.2 Å². The molecular weight excluding hydrogens is 410 g/mol. The fourth-order valence-electron chi connectivity index (χ4n) is 3.67. The number of fused-ring (bicyclic) bond motifs is 1. The Bertz CT molecular complexity index is 1300. The van der Waals surface area contributed by atoms with Crippen LogP contribution in [0.1, 0.15) is 24.0 Å². The number of amides is 1. The first-order chi connectivity index (χ1) is 14.9. The molecule has 1 atom stereocenters. The van der Waals surface area contributed by atoms with Crippen LogP contribution in [0.4, 0.5) is 5.69 Å². The van der Waals surface area contributed by atoms with Crippen LogP contribution < -0.4 is 10.0 Å². The summed E-state index contributed by atoms with van der Waals surface area (Å²) in [4.78, 5) is 14.6. The Morgan fingerprint density at radius 2 is 1.61 bits per heavy atom. The van der Waals surface area contributed by atoms with Crippen molar-refractivity contribution in [1.29, 1.82) is 0 Å². The first-order valence-corrected chi connectivity index (χ1v) is 11.4. The summed E-state index contributed by atoms with van der Waals surface area (Å²) in [6, 6.07) is 23.9. The van der Waals surface area contributed by atoms with E-state index in [4.69, 9.17) is 0 Å². The number of hydrogen-bond acceptors (Lipinski definition) is 3. The van der Waals surface area contributed by atoms with Crippen LogP contribution in [-0.2, 0) is 14.8 Å². The van der Waals surface area contributed by atoms with E-state index in [9.17, 15) is 13.2 Å². The van der Waals surface area contributed by atoms with E-state index in [1.807, 2.05) is 60.8 Å². The molecule has 0 saturated carbocycles. The average Bonchev–Trinajstić information content (AvgIpc) is 3.19. The molecule has 7 heteroatoms. The zero-order valence-electron chi connectivity index (χ0n) is 17.0. The second kappa shape index (κ2) is 8.75. The summed E-state index contributed by atoms with van der Waals surface area (Å²) in [6.07, 6.45) is 1.94. The third-order valence-electron chi connectivity index (χ3n) is 5.16. The van der Waals surface area contributed by atoms with Crippen molar-refractivity contribution in [2.75, 3.05) is 11.9 Å². The lowest BCUT2D eigenvalue weighted by molar-refractivity contribution is -0.114. The number of aromatic amines is 1. The Labute approximate surface area is 181 Å². The molecule has 1 unspecified atom stereocenters. The third kappa shape index (κ3) is 4.68. The molecule has 4 rings (SSSR count). The van der Waals surface area contributed by atoms with E-state index in [2.05, 4.69) is 15.0 Å². The van der Waals surface area contributed by atoms with E-state index < -0.39 is 10.0 Å². The molecule has 0 spiro atoms. The Morgan fingerprint density at radius 3 is 2.32 bits per heavy atom. The zero-order chi connectivity index (χ0) is 21.8. The van der Waals surface area contributed by atoms with Crippen molar-refractivity contribution in [3.63, 3.8) is 0 Å². The molecule has 0 aliphatic heterocycles. The SMILES string of the molecule is CC(=O)Nc1ccc(S(=O)(=O)NCC(c2ccccc2)c2c[nH]c3ccccc23)cc1. The van der Waals surface area contributed by atoms with Gasteiger partial charge >= 0.3 is 0 Å². The Morgan fingerprint density at radius 1 is 0.935 bits per heavy atom. The van der Waals surface area contributed by atoms with Crippen LogP contribution in [0.15, 0.2) is 90.0 Å². The zero-order valence-corrected chi connectivity index (χ0v) is 17.8. The predicted molar refractivity (Wildman–Crippen MR) is 123 cm³/mol. The van der Waals surface area contributed by atoms with E-state index in [-0.39, 0.29) is 23.3 Å². The fourth-order valence-corrected chi connectivity index (χ4v) is 4.72. The number of nitrogens with one attached hydrogen (secondary N) is 3. The highest BCUT2D eigenvalue weighted by atomic mass is 32.2. The lowest BCUT2D eigenvalue weighted by Gasteiger charge is -2.18. The van der Waals surface area contributed by atoms with Crippen molar-refractivity contribution in [3.8, 4) is 0 Å². The quantitative estimate of drug-likeness (QED) is 0.407. The van der Waals surface area contributed by atoms with E-state index in [0.29, 0.717) is 5.69 Å². The van der Waals surface area contributed by atoms with E-state index >= 15 is 0 Å². The second-order valence-electron chi connectivity index (χ2n) is 7.31. The first kappa shape index (κ1) is 20.8. The van der Waals surface area contributed by atoms with Gasteiger partial charge in [0.1, 0.15) is 0 Å². The third-order valence-corrected chi connectivity index (χ3v) is 6.60. The van der Waals surface area contributed by atoms with Crippen molar-refractivity contribution in [2.24, 2.45) is 0 Å². The summed E-state index contributed by atoms with van der Waals surface area (Å²) >= 11 is 0. The maximum absolute atomic E-state index is 12.9. The van der Waals surface area contributed by atoms with Crippen LogP contribution in [0.3, 0.4) is 0 Å². The molecule has 31 heavy (non-hydrogen) atoms. The predicted octanol–water partition coefficient (Wildman–Crippen LogP) is 4.24. The fraction of sp³-hybridized carbons (Fsp3) is 0.125. The van der Waals surface area contributed by atoms with Gasteiger partial charge in [-0.3, -0.25) is 4.79 Å². The van der Waals surface area contributed by atoms with E-state index in [1.54, 1.807) is 12.1 Å². The van der Waals surface area contributed by atoms with E-state index in [1.165, 1.54) is 19.1 Å². The maximum atomic E-state index is 12.9. The van der Waals surface area contributed by atoms with Gasteiger partial charge in [-0.2, -0.15) is 0 Å². The minimum absolute atomic E-state index is 0.146. The minimum atomic E-state index is -3.73. The molecule has 0 aliphatic rings. The molecule has 3 N–H and O–H groups in total. The number of anilines is 1. The molecule has 0 fully saturated rings. The Kier molecular flexibility index (Phi) is 5.88. The van der Waals surface area contributed by atoms with Gasteiger partial charge in [-0.1, -0.05) is 48.5 Å². The van der Waals surface area contributed by atoms with Gasteiger partial charge in [-0.05, 0) is 41.5 Å². The van der Waals surface area contributed by atoms with Crippen LogP contribution in [0.2, 0.25) is 0 Å². The van der Waals surface area contributed by atoms with E-state index in [0.717, 1.165) is 22.0 Å². The molecule has 0 bridgehead atoms. The summed E-state index contributed by atoms with van der Waals surface area (Å²) in [7, 11) is -3.73. The average molecular weight is 434 g/mol. The van der Waals surface area contributed by atoms with Crippen LogP contribution in [-0.4, -0.2) is 25.9 Å². The molecule has 0 radical (unpaired) electrons. The van der Waals surface area contributed by atoms with Gasteiger partial charge in [-0.25, -0.2) is 13.1 Å². The van der Waals surface area contributed by atoms with Crippen LogP contribution in [0, 0.1) is 0 Å². The lowest BCUT2D eigenvalue weighted by Crippen LogP contribution is -2.29. The molecule has 3 aromatic carbocycles. The normalized spacial score (nSPS) is 12.5. The number of sulfonamides is 1. The monoisotopic (exact) mass is 433 g/mol. The highest BCUT2D eigenvalue weighted by Gasteiger charge is 2.22. The van der Waals surface area contributed by atoms with Gasteiger partial charge in [0.05, 0.1) is 4.90 Å². The van der Waals surface area contributed by atoms with Crippen molar-refractivity contribution >= 4 is 32.5 Å². The highest BCUT2D eigenvalue weighted by Crippen LogP contribution is 2.30. The number of H-pyrrole nitrogens is 1. The number of benzene rings is 3. The molecule has 1 heterocycles. The topological polar surface area (TPSA) is 91.1 Å². The molecule has 0 aliphatic carbocycles. The van der Waals surface area contributed by atoms with Gasteiger partial charge in [0.2, 0.25) is 15.9 Å². The summed E-state index contributed by atoms with van der Waals surface area (Å²) in [5.41, 5.74) is 3.61. The smallest absolute Gasteiger partial charge is 0.240 e. The Hall–Kier alpha value is -3.42. The number of para-hydroxylation sites is 1. The van der Waals surface area contributed by atoms with Crippen LogP contribution >= 0.6 is 0 Å². The first-order valence-electron chi connectivity index (χ1n) is 9.92. The molecule has 1 aromatic heterocycles. The molecule has 6 nitrogen and oxygen atoms in total. The number of rotatable bonds is 7. The van der Waals surface area contributed by atoms with Crippen molar-refractivity contribution < 1.29 is 13.2 Å². The molecular formula is C24H23N3O3S. The molecule has 0 saturated heterocycles. The van der Waals surface area contributed by atoms with Crippen LogP contribution in [0.5, 0.6) is 0 Å². The number of hydrogen-bond donors (Lipinski definition) is 3. The maximum Gasteiger partial charge on any atom is 0.240 e. The van der Waals surface area contributed by atoms with Crippen molar-refractivity contribution in [2.45, 2.75) is 17.7 Å². The summed E-state index contributed by atoms with van der Waals surface area (Å²) in [5.74, 6) is -0.371. The summed E-state index contributed by atoms with van der Waals surface area (Å²) in [6.45, 7) is 1.61. The standard InChI is InChI=1S/C24H23N3O3S/c1-17(28)27-19-11-13-20(14-12-19)31(29,30)26-16-22(18-7-3-2-4-8-18)23-15-25-24-10-6-5-9-21(23)24/h2-15,22,25-26H,16H2,1H3,(H,27,28).